The highest BCUT2D eigenvalue weighted by Gasteiger charge is 2.22. The Kier molecular flexibility index (Phi) is 4.68. The van der Waals surface area contributed by atoms with E-state index < -0.39 is 0 Å². The van der Waals surface area contributed by atoms with Crippen molar-refractivity contribution in [2.24, 2.45) is 0 Å². The van der Waals surface area contributed by atoms with Crippen molar-refractivity contribution in [2.45, 2.75) is 32.8 Å². The molecule has 1 fully saturated rings. The fourth-order valence-corrected chi connectivity index (χ4v) is 3.48. The van der Waals surface area contributed by atoms with Crippen LogP contribution in [0.4, 0.5) is 0 Å². The Labute approximate surface area is 134 Å². The van der Waals surface area contributed by atoms with Crippen molar-refractivity contribution in [1.82, 2.24) is 14.9 Å². The van der Waals surface area contributed by atoms with Gasteiger partial charge in [-0.25, -0.2) is 4.98 Å². The molecule has 1 aliphatic heterocycles. The summed E-state index contributed by atoms with van der Waals surface area (Å²) < 4.78 is 5.65. The number of amides is 1. The third-order valence-corrected chi connectivity index (χ3v) is 4.79. The lowest BCUT2D eigenvalue weighted by atomic mass is 10.1. The van der Waals surface area contributed by atoms with Crippen molar-refractivity contribution in [3.8, 4) is 5.75 Å². The second-order valence-electron chi connectivity index (χ2n) is 5.35. The lowest BCUT2D eigenvalue weighted by molar-refractivity contribution is 0.0728. The van der Waals surface area contributed by atoms with Gasteiger partial charge in [0.25, 0.3) is 5.91 Å². The molecule has 0 radical (unpaired) electrons. The minimum Gasteiger partial charge on any atom is -0.485 e. The molecule has 2 aromatic rings. The summed E-state index contributed by atoms with van der Waals surface area (Å²) in [6.45, 7) is 3.97. The molecule has 6 heteroatoms. The molecule has 0 bridgehead atoms. The van der Waals surface area contributed by atoms with Crippen LogP contribution in [0.25, 0.3) is 0 Å². The summed E-state index contributed by atoms with van der Waals surface area (Å²) in [5.41, 5.74) is 0.797. The number of hydrogen-bond acceptors (Lipinski definition) is 5. The zero-order valence-electron chi connectivity index (χ0n) is 12.6. The van der Waals surface area contributed by atoms with Gasteiger partial charge in [0.15, 0.2) is 0 Å². The first kappa shape index (κ1) is 15.0. The molecule has 0 aliphatic carbocycles. The predicted octanol–water partition coefficient (Wildman–Crippen LogP) is 3.05. The Bertz CT molecular complexity index is 636. The van der Waals surface area contributed by atoms with Crippen molar-refractivity contribution in [3.63, 3.8) is 0 Å². The van der Waals surface area contributed by atoms with E-state index in [0.717, 1.165) is 41.5 Å². The standard InChI is InChI=1S/C16H19N3O2S/c1-12-15(16(20)19-8-3-2-4-9-19)22-14(18-12)11-21-13-6-5-7-17-10-13/h5-7,10H,2-4,8-9,11H2,1H3. The van der Waals surface area contributed by atoms with Gasteiger partial charge in [0.2, 0.25) is 0 Å². The van der Waals surface area contributed by atoms with Gasteiger partial charge in [-0.15, -0.1) is 11.3 Å². The predicted molar refractivity (Wildman–Crippen MR) is 85.2 cm³/mol. The van der Waals surface area contributed by atoms with Crippen LogP contribution >= 0.6 is 11.3 Å². The van der Waals surface area contributed by atoms with Gasteiger partial charge in [0.05, 0.1) is 11.9 Å². The van der Waals surface area contributed by atoms with Crippen LogP contribution in [0.15, 0.2) is 24.5 Å². The number of aryl methyl sites for hydroxylation is 1. The van der Waals surface area contributed by atoms with Gasteiger partial charge in [0, 0.05) is 19.3 Å². The number of carbonyl (C=O) groups excluding carboxylic acids is 1. The van der Waals surface area contributed by atoms with E-state index in [4.69, 9.17) is 4.74 Å². The van der Waals surface area contributed by atoms with Gasteiger partial charge in [-0.3, -0.25) is 9.78 Å². The minimum atomic E-state index is 0.113. The fraction of sp³-hybridized carbons (Fsp3) is 0.438. The molecule has 0 N–H and O–H groups in total. The summed E-state index contributed by atoms with van der Waals surface area (Å²) in [5.74, 6) is 0.821. The van der Waals surface area contributed by atoms with Gasteiger partial charge in [-0.05, 0) is 38.3 Å². The molecule has 5 nitrogen and oxygen atoms in total. The lowest BCUT2D eigenvalue weighted by Crippen LogP contribution is -2.35. The van der Waals surface area contributed by atoms with Gasteiger partial charge >= 0.3 is 0 Å². The quantitative estimate of drug-likeness (QED) is 0.869. The van der Waals surface area contributed by atoms with Crippen molar-refractivity contribution >= 4 is 17.2 Å². The summed E-state index contributed by atoms with van der Waals surface area (Å²) in [5, 5.41) is 0.821. The van der Waals surface area contributed by atoms with E-state index >= 15 is 0 Å². The lowest BCUT2D eigenvalue weighted by Gasteiger charge is -2.26. The number of carbonyl (C=O) groups is 1. The summed E-state index contributed by atoms with van der Waals surface area (Å²) in [7, 11) is 0. The van der Waals surface area contributed by atoms with Gasteiger partial charge in [-0.1, -0.05) is 0 Å². The smallest absolute Gasteiger partial charge is 0.265 e. The molecule has 1 aliphatic rings. The third-order valence-electron chi connectivity index (χ3n) is 3.68. The largest absolute Gasteiger partial charge is 0.485 e. The Hall–Kier alpha value is -1.95. The number of piperidine rings is 1. The molecule has 1 saturated heterocycles. The number of ether oxygens (including phenoxy) is 1. The van der Waals surface area contributed by atoms with Gasteiger partial charge in [0.1, 0.15) is 22.2 Å². The van der Waals surface area contributed by atoms with Crippen molar-refractivity contribution in [1.29, 1.82) is 0 Å². The van der Waals surface area contributed by atoms with Gasteiger partial charge in [-0.2, -0.15) is 0 Å². The molecule has 22 heavy (non-hydrogen) atoms. The molecule has 0 atom stereocenters. The number of rotatable bonds is 4. The van der Waals surface area contributed by atoms with Crippen molar-refractivity contribution in [2.75, 3.05) is 13.1 Å². The highest BCUT2D eigenvalue weighted by molar-refractivity contribution is 7.13. The Morgan fingerprint density at radius 1 is 1.36 bits per heavy atom. The normalized spacial score (nSPS) is 14.9. The first-order chi connectivity index (χ1) is 10.7. The number of aromatic nitrogens is 2. The second kappa shape index (κ2) is 6.87. The summed E-state index contributed by atoms with van der Waals surface area (Å²) in [6.07, 6.45) is 6.78. The molecule has 1 amide bonds. The molecule has 3 rings (SSSR count). The van der Waals surface area contributed by atoms with E-state index in [1.807, 2.05) is 24.0 Å². The van der Waals surface area contributed by atoms with E-state index in [9.17, 15) is 4.79 Å². The Morgan fingerprint density at radius 2 is 2.18 bits per heavy atom. The van der Waals surface area contributed by atoms with Crippen LogP contribution in [0.5, 0.6) is 5.75 Å². The number of nitrogens with zero attached hydrogens (tertiary/aromatic N) is 3. The number of pyridine rings is 1. The third kappa shape index (κ3) is 3.44. The highest BCUT2D eigenvalue weighted by Crippen LogP contribution is 2.23. The Morgan fingerprint density at radius 3 is 2.91 bits per heavy atom. The van der Waals surface area contributed by atoms with Crippen LogP contribution in [-0.4, -0.2) is 33.9 Å². The SMILES string of the molecule is Cc1nc(COc2cccnc2)sc1C(=O)N1CCCCC1. The van der Waals surface area contributed by atoms with Crippen LogP contribution in [0.2, 0.25) is 0 Å². The summed E-state index contributed by atoms with van der Waals surface area (Å²) >= 11 is 1.43. The van der Waals surface area contributed by atoms with E-state index in [1.54, 1.807) is 12.4 Å². The molecular weight excluding hydrogens is 298 g/mol. The molecule has 3 heterocycles. The van der Waals surface area contributed by atoms with Crippen LogP contribution in [0.1, 0.15) is 39.6 Å². The molecule has 0 spiro atoms. The topological polar surface area (TPSA) is 55.3 Å². The van der Waals surface area contributed by atoms with Crippen molar-refractivity contribution in [3.05, 3.63) is 40.1 Å². The van der Waals surface area contributed by atoms with Crippen molar-refractivity contribution < 1.29 is 9.53 Å². The summed E-state index contributed by atoms with van der Waals surface area (Å²) in [6, 6.07) is 3.68. The van der Waals surface area contributed by atoms with Gasteiger partial charge < -0.3 is 9.64 Å². The van der Waals surface area contributed by atoms with E-state index in [1.165, 1.54) is 17.8 Å². The van der Waals surface area contributed by atoms with Crippen LogP contribution in [0, 0.1) is 6.92 Å². The number of likely N-dealkylation sites (tertiary alicyclic amines) is 1. The molecule has 2 aromatic heterocycles. The van der Waals surface area contributed by atoms with Crippen LogP contribution in [-0.2, 0) is 6.61 Å². The maximum Gasteiger partial charge on any atom is 0.265 e. The monoisotopic (exact) mass is 317 g/mol. The Balaban J connectivity index is 1.66. The maximum atomic E-state index is 12.6. The molecule has 0 aromatic carbocycles. The van der Waals surface area contributed by atoms with E-state index in [2.05, 4.69) is 9.97 Å². The fourth-order valence-electron chi connectivity index (χ4n) is 2.53. The van der Waals surface area contributed by atoms with E-state index in [0.29, 0.717) is 12.4 Å². The molecule has 0 saturated carbocycles. The summed E-state index contributed by atoms with van der Waals surface area (Å²) in [4.78, 5) is 23.7. The average Bonchev–Trinajstić information content (AvgIpc) is 2.95. The molecular formula is C16H19N3O2S. The highest BCUT2D eigenvalue weighted by atomic mass is 32.1. The zero-order chi connectivity index (χ0) is 15.4. The molecule has 0 unspecified atom stereocenters. The number of hydrogen-bond donors (Lipinski definition) is 0. The first-order valence-corrected chi connectivity index (χ1v) is 8.34. The van der Waals surface area contributed by atoms with Crippen LogP contribution in [0.3, 0.4) is 0 Å². The average molecular weight is 317 g/mol. The number of thiazole rings is 1. The maximum absolute atomic E-state index is 12.6. The van der Waals surface area contributed by atoms with Crippen LogP contribution < -0.4 is 4.74 Å². The zero-order valence-corrected chi connectivity index (χ0v) is 13.4. The van der Waals surface area contributed by atoms with E-state index in [-0.39, 0.29) is 5.91 Å². The second-order valence-corrected chi connectivity index (χ2v) is 6.44. The minimum absolute atomic E-state index is 0.113. The first-order valence-electron chi connectivity index (χ1n) is 7.52. The molecule has 116 valence electrons.